The molecule has 7 nitrogen and oxygen atoms in total. The maximum atomic E-state index is 12.2. The number of benzene rings is 1. The van der Waals surface area contributed by atoms with E-state index in [-0.39, 0.29) is 12.1 Å². The third-order valence-corrected chi connectivity index (χ3v) is 4.71. The van der Waals surface area contributed by atoms with Crippen molar-refractivity contribution in [3.8, 4) is 16.5 Å². The van der Waals surface area contributed by atoms with Gasteiger partial charge < -0.3 is 14.8 Å². The lowest BCUT2D eigenvalue weighted by Crippen LogP contribution is -2.30. The number of ether oxygens (including phenoxy) is 2. The zero-order valence-electron chi connectivity index (χ0n) is 16.1. The van der Waals surface area contributed by atoms with Crippen LogP contribution in [0.15, 0.2) is 54.0 Å². The number of thiazole rings is 1. The molecule has 0 spiro atoms. The third-order valence-electron chi connectivity index (χ3n) is 3.79. The predicted octanol–water partition coefficient (Wildman–Crippen LogP) is 4.22. The van der Waals surface area contributed by atoms with Crippen molar-refractivity contribution in [3.63, 3.8) is 0 Å². The molecule has 1 unspecified atom stereocenters. The fraction of sp³-hybridized carbons (Fsp3) is 0.200. The number of hydrogen-bond acceptors (Lipinski definition) is 7. The van der Waals surface area contributed by atoms with Crippen LogP contribution < -0.4 is 10.1 Å². The van der Waals surface area contributed by atoms with Crippen LogP contribution in [0.25, 0.3) is 10.7 Å². The Labute approximate surface area is 178 Å². The van der Waals surface area contributed by atoms with Gasteiger partial charge in [0.15, 0.2) is 6.10 Å². The summed E-state index contributed by atoms with van der Waals surface area (Å²) in [5.74, 6) is -1.70. The van der Waals surface area contributed by atoms with Crippen molar-refractivity contribution in [3.05, 3.63) is 59.7 Å². The smallest absolute Gasteiger partial charge is 0.452 e. The van der Waals surface area contributed by atoms with E-state index >= 15 is 0 Å². The second-order valence-electron chi connectivity index (χ2n) is 6.23. The molecule has 1 N–H and O–H groups in total. The number of hydrogen-bond donors (Lipinski definition) is 1. The summed E-state index contributed by atoms with van der Waals surface area (Å²) in [5.41, 5.74) is 1.40. The molecule has 3 aromatic rings. The van der Waals surface area contributed by atoms with Crippen LogP contribution >= 0.6 is 11.3 Å². The number of esters is 1. The summed E-state index contributed by atoms with van der Waals surface area (Å²) in [7, 11) is 0. The molecule has 0 aliphatic rings. The molecule has 1 amide bonds. The minimum Gasteiger partial charge on any atom is -0.452 e. The molecule has 2 heterocycles. The molecule has 0 saturated heterocycles. The standard InChI is InChI=1S/C20H16F3N3O4S/c1-12(18(28)25-13-5-7-15(8-6-13)30-20(21,22)23)29-17(27)10-14-11-31-19(26-14)16-4-2-3-9-24-16/h2-9,11-12H,10H2,1H3,(H,25,28). The second kappa shape index (κ2) is 9.56. The highest BCUT2D eigenvalue weighted by Crippen LogP contribution is 2.24. The van der Waals surface area contributed by atoms with Gasteiger partial charge in [0.1, 0.15) is 10.8 Å². The summed E-state index contributed by atoms with van der Waals surface area (Å²) in [5, 5.41) is 4.82. The second-order valence-corrected chi connectivity index (χ2v) is 7.09. The molecule has 0 aliphatic carbocycles. The van der Waals surface area contributed by atoms with Gasteiger partial charge in [0.2, 0.25) is 0 Å². The molecule has 0 fully saturated rings. The summed E-state index contributed by atoms with van der Waals surface area (Å²) < 4.78 is 45.4. The molecule has 2 aromatic heterocycles. The van der Waals surface area contributed by atoms with Gasteiger partial charge >= 0.3 is 12.3 Å². The minimum absolute atomic E-state index is 0.121. The number of halogens is 3. The van der Waals surface area contributed by atoms with Gasteiger partial charge in [-0.3, -0.25) is 14.6 Å². The highest BCUT2D eigenvalue weighted by molar-refractivity contribution is 7.13. The van der Waals surface area contributed by atoms with E-state index in [2.05, 4.69) is 20.0 Å². The van der Waals surface area contributed by atoms with E-state index in [0.29, 0.717) is 16.4 Å². The SMILES string of the molecule is CC(OC(=O)Cc1csc(-c2ccccn2)n1)C(=O)Nc1ccc(OC(F)(F)F)cc1. The lowest BCUT2D eigenvalue weighted by molar-refractivity contribution is -0.274. The number of rotatable bonds is 7. The number of amides is 1. The van der Waals surface area contributed by atoms with E-state index < -0.39 is 30.1 Å². The van der Waals surface area contributed by atoms with E-state index in [1.165, 1.54) is 30.4 Å². The molecule has 31 heavy (non-hydrogen) atoms. The van der Waals surface area contributed by atoms with Crippen LogP contribution in [0, 0.1) is 0 Å². The maximum Gasteiger partial charge on any atom is 0.573 e. The zero-order chi connectivity index (χ0) is 22.4. The largest absolute Gasteiger partial charge is 0.573 e. The minimum atomic E-state index is -4.80. The van der Waals surface area contributed by atoms with E-state index in [4.69, 9.17) is 4.74 Å². The fourth-order valence-electron chi connectivity index (χ4n) is 2.42. The van der Waals surface area contributed by atoms with Crippen LogP contribution in [0.4, 0.5) is 18.9 Å². The Morgan fingerprint density at radius 3 is 2.55 bits per heavy atom. The van der Waals surface area contributed by atoms with Crippen molar-refractivity contribution >= 4 is 28.9 Å². The zero-order valence-corrected chi connectivity index (χ0v) is 16.9. The normalized spacial score (nSPS) is 12.1. The van der Waals surface area contributed by atoms with Crippen LogP contribution in [0.2, 0.25) is 0 Å². The summed E-state index contributed by atoms with van der Waals surface area (Å²) >= 11 is 1.33. The Morgan fingerprint density at radius 2 is 1.90 bits per heavy atom. The van der Waals surface area contributed by atoms with Crippen LogP contribution in [0.1, 0.15) is 12.6 Å². The molecular weight excluding hydrogens is 435 g/mol. The van der Waals surface area contributed by atoms with E-state index in [1.54, 1.807) is 23.7 Å². The average Bonchev–Trinajstić information content (AvgIpc) is 3.17. The molecule has 162 valence electrons. The average molecular weight is 451 g/mol. The Bertz CT molecular complexity index is 1040. The molecular formula is C20H16F3N3O4S. The topological polar surface area (TPSA) is 90.4 Å². The molecule has 11 heteroatoms. The lowest BCUT2D eigenvalue weighted by atomic mass is 10.2. The number of alkyl halides is 3. The Balaban J connectivity index is 1.50. The lowest BCUT2D eigenvalue weighted by Gasteiger charge is -2.14. The summed E-state index contributed by atoms with van der Waals surface area (Å²) in [6.07, 6.45) is -4.40. The fourth-order valence-corrected chi connectivity index (χ4v) is 3.21. The van der Waals surface area contributed by atoms with Gasteiger partial charge in [-0.25, -0.2) is 4.98 Å². The first kappa shape index (κ1) is 22.2. The first-order valence-corrected chi connectivity index (χ1v) is 9.79. The highest BCUT2D eigenvalue weighted by Gasteiger charge is 2.31. The Kier molecular flexibility index (Phi) is 6.85. The van der Waals surface area contributed by atoms with Crippen molar-refractivity contribution in [2.75, 3.05) is 5.32 Å². The summed E-state index contributed by atoms with van der Waals surface area (Å²) in [6, 6.07) is 10.0. The van der Waals surface area contributed by atoms with Crippen molar-refractivity contribution < 1.29 is 32.2 Å². The molecule has 3 rings (SSSR count). The molecule has 0 radical (unpaired) electrons. The maximum absolute atomic E-state index is 12.2. The van der Waals surface area contributed by atoms with Crippen LogP contribution in [-0.2, 0) is 20.7 Å². The van der Waals surface area contributed by atoms with Crippen molar-refractivity contribution in [1.82, 2.24) is 9.97 Å². The number of pyridine rings is 1. The molecule has 0 aliphatic heterocycles. The third kappa shape index (κ3) is 6.78. The molecule has 0 saturated carbocycles. The van der Waals surface area contributed by atoms with Crippen molar-refractivity contribution in [1.29, 1.82) is 0 Å². The Hall–Kier alpha value is -3.47. The number of nitrogens with zero attached hydrogens (tertiary/aromatic N) is 2. The number of anilines is 1. The molecule has 1 aromatic carbocycles. The number of nitrogens with one attached hydrogen (secondary N) is 1. The van der Waals surface area contributed by atoms with E-state index in [1.807, 2.05) is 6.07 Å². The molecule has 1 atom stereocenters. The first-order chi connectivity index (χ1) is 14.7. The van der Waals surface area contributed by atoms with Crippen molar-refractivity contribution in [2.45, 2.75) is 25.8 Å². The Morgan fingerprint density at radius 1 is 1.16 bits per heavy atom. The van der Waals surface area contributed by atoms with E-state index in [9.17, 15) is 22.8 Å². The van der Waals surface area contributed by atoms with Crippen molar-refractivity contribution in [2.24, 2.45) is 0 Å². The quantitative estimate of drug-likeness (QED) is 0.541. The van der Waals surface area contributed by atoms with Gasteiger partial charge in [0.25, 0.3) is 5.91 Å². The van der Waals surface area contributed by atoms with Gasteiger partial charge in [-0.15, -0.1) is 24.5 Å². The molecule has 0 bridgehead atoms. The number of carbonyl (C=O) groups excluding carboxylic acids is 2. The van der Waals surface area contributed by atoms with Gasteiger partial charge in [-0.2, -0.15) is 0 Å². The number of carbonyl (C=O) groups is 2. The van der Waals surface area contributed by atoms with Gasteiger partial charge in [-0.1, -0.05) is 6.07 Å². The van der Waals surface area contributed by atoms with E-state index in [0.717, 1.165) is 12.1 Å². The van der Waals surface area contributed by atoms with Gasteiger partial charge in [0.05, 0.1) is 17.8 Å². The number of aromatic nitrogens is 2. The summed E-state index contributed by atoms with van der Waals surface area (Å²) in [4.78, 5) is 32.8. The van der Waals surface area contributed by atoms with Gasteiger partial charge in [0, 0.05) is 17.3 Å². The van der Waals surface area contributed by atoms with Crippen LogP contribution in [0.3, 0.4) is 0 Å². The first-order valence-electron chi connectivity index (χ1n) is 8.91. The van der Waals surface area contributed by atoms with Crippen LogP contribution in [-0.4, -0.2) is 34.3 Å². The van der Waals surface area contributed by atoms with Gasteiger partial charge in [-0.05, 0) is 43.3 Å². The summed E-state index contributed by atoms with van der Waals surface area (Å²) in [6.45, 7) is 1.38. The highest BCUT2D eigenvalue weighted by atomic mass is 32.1. The predicted molar refractivity (Wildman–Crippen MR) is 106 cm³/mol. The van der Waals surface area contributed by atoms with Crippen LogP contribution in [0.5, 0.6) is 5.75 Å². The monoisotopic (exact) mass is 451 g/mol.